The number of aliphatic hydroxyl groups is 3. The maximum atomic E-state index is 12.0. The van der Waals surface area contributed by atoms with Gasteiger partial charge in [-0.25, -0.2) is 0 Å². The first kappa shape index (κ1) is 26.0. The van der Waals surface area contributed by atoms with Gasteiger partial charge in [-0.3, -0.25) is 4.79 Å². The molecule has 0 aliphatic heterocycles. The van der Waals surface area contributed by atoms with Gasteiger partial charge in [0.05, 0.1) is 24.0 Å². The highest BCUT2D eigenvalue weighted by Crippen LogP contribution is 2.37. The molecule has 2 rings (SSSR count). The van der Waals surface area contributed by atoms with Crippen LogP contribution in [0.15, 0.2) is 18.2 Å². The molecule has 1 saturated carbocycles. The van der Waals surface area contributed by atoms with Gasteiger partial charge in [0.15, 0.2) is 0 Å². The van der Waals surface area contributed by atoms with Gasteiger partial charge in [0.25, 0.3) is 0 Å². The lowest BCUT2D eigenvalue weighted by molar-refractivity contribution is -0.116. The maximum Gasteiger partial charge on any atom is 0.225 e. The molecule has 31 heavy (non-hydrogen) atoms. The molecule has 1 aromatic heterocycles. The molecule has 7 heteroatoms. The van der Waals surface area contributed by atoms with Gasteiger partial charge >= 0.3 is 0 Å². The normalized spacial score (nSPS) is 24.7. The van der Waals surface area contributed by atoms with E-state index in [2.05, 4.69) is 16.6 Å². The highest BCUT2D eigenvalue weighted by atomic mass is 32.1. The van der Waals surface area contributed by atoms with Crippen molar-refractivity contribution >= 4 is 22.4 Å². The van der Waals surface area contributed by atoms with Gasteiger partial charge in [-0.15, -0.1) is 0 Å². The number of rotatable bonds is 14. The van der Waals surface area contributed by atoms with Crippen molar-refractivity contribution < 1.29 is 20.1 Å². The number of unbranched alkanes of at least 4 members (excludes halogenated alkanes) is 5. The van der Waals surface area contributed by atoms with Gasteiger partial charge in [-0.1, -0.05) is 57.6 Å². The van der Waals surface area contributed by atoms with Gasteiger partial charge in [-0.05, 0) is 49.7 Å². The van der Waals surface area contributed by atoms with E-state index in [1.165, 1.54) is 11.5 Å². The largest absolute Gasteiger partial charge is 0.393 e. The number of hydrogen-bond acceptors (Lipinski definition) is 6. The minimum absolute atomic E-state index is 0.0284. The summed E-state index contributed by atoms with van der Waals surface area (Å²) in [7, 11) is 0. The Morgan fingerprint density at radius 1 is 1.23 bits per heavy atom. The second-order valence-electron chi connectivity index (χ2n) is 8.89. The number of nitrogens with zero attached hydrogens (tertiary/aromatic N) is 1. The summed E-state index contributed by atoms with van der Waals surface area (Å²) in [5.41, 5.74) is 0.915. The average Bonchev–Trinajstić information content (AvgIpc) is 3.24. The number of carbonyl (C=O) groups is 1. The van der Waals surface area contributed by atoms with Gasteiger partial charge in [-0.2, -0.15) is 4.37 Å². The van der Waals surface area contributed by atoms with E-state index in [0.29, 0.717) is 12.8 Å². The molecule has 0 aromatic carbocycles. The Morgan fingerprint density at radius 3 is 2.71 bits per heavy atom. The fourth-order valence-electron chi connectivity index (χ4n) is 4.37. The molecule has 0 saturated heterocycles. The predicted octanol–water partition coefficient (Wildman–Crippen LogP) is 4.59. The van der Waals surface area contributed by atoms with Crippen LogP contribution in [-0.4, -0.2) is 43.9 Å². The smallest absolute Gasteiger partial charge is 0.225 e. The van der Waals surface area contributed by atoms with Gasteiger partial charge in [0, 0.05) is 18.8 Å². The summed E-state index contributed by atoms with van der Waals surface area (Å²) in [6, 6.07) is 1.87. The molecule has 5 atom stereocenters. The third kappa shape index (κ3) is 9.39. The number of aliphatic hydroxyl groups excluding tert-OH is 3. The fraction of sp³-hybridized carbons (Fsp3) is 0.750. The Kier molecular flexibility index (Phi) is 11.7. The van der Waals surface area contributed by atoms with Crippen LogP contribution in [0.2, 0.25) is 0 Å². The van der Waals surface area contributed by atoms with Crippen molar-refractivity contribution in [3.8, 4) is 0 Å². The lowest BCUT2D eigenvalue weighted by atomic mass is 9.88. The second-order valence-corrected chi connectivity index (χ2v) is 9.70. The maximum absolute atomic E-state index is 12.0. The highest BCUT2D eigenvalue weighted by molar-refractivity contribution is 7.10. The standard InChI is InChI=1S/C24H40N2O4S/c1-3-4-7-10-18(27)13-14-20-19(21(28)16-22(20)29)11-8-5-6-9-12-23(30)25-24-15-17(2)26-31-24/h13-15,18-22,27-29H,3-12,16H2,1-2H3,(H,25,30). The van der Waals surface area contributed by atoms with Gasteiger partial charge in [0.1, 0.15) is 5.00 Å². The molecular formula is C24H40N2O4S. The number of nitrogens with one attached hydrogen (secondary N) is 1. The summed E-state index contributed by atoms with van der Waals surface area (Å²) in [4.78, 5) is 12.0. The van der Waals surface area contributed by atoms with E-state index in [1.54, 1.807) is 6.08 Å². The van der Waals surface area contributed by atoms with Gasteiger partial charge < -0.3 is 20.6 Å². The summed E-state index contributed by atoms with van der Waals surface area (Å²) in [5.74, 6) is -0.0305. The number of amides is 1. The Balaban J connectivity index is 1.65. The van der Waals surface area contributed by atoms with Crippen molar-refractivity contribution in [1.29, 1.82) is 0 Å². The van der Waals surface area contributed by atoms with Crippen molar-refractivity contribution in [2.75, 3.05) is 5.32 Å². The third-order valence-electron chi connectivity index (χ3n) is 6.16. The number of carbonyl (C=O) groups excluding carboxylic acids is 1. The molecule has 6 nitrogen and oxygen atoms in total. The second kappa shape index (κ2) is 14.0. The van der Waals surface area contributed by atoms with E-state index >= 15 is 0 Å². The number of aromatic nitrogens is 1. The van der Waals surface area contributed by atoms with Crippen molar-refractivity contribution in [3.63, 3.8) is 0 Å². The zero-order chi connectivity index (χ0) is 22.6. The van der Waals surface area contributed by atoms with Crippen molar-refractivity contribution in [2.24, 2.45) is 11.8 Å². The Hall–Kier alpha value is -1.28. The Labute approximate surface area is 190 Å². The fourth-order valence-corrected chi connectivity index (χ4v) is 5.05. The van der Waals surface area contributed by atoms with Crippen LogP contribution in [0.4, 0.5) is 5.00 Å². The van der Waals surface area contributed by atoms with E-state index in [1.807, 2.05) is 19.1 Å². The molecule has 0 bridgehead atoms. The van der Waals surface area contributed by atoms with Crippen LogP contribution < -0.4 is 5.32 Å². The molecule has 176 valence electrons. The molecule has 0 radical (unpaired) electrons. The monoisotopic (exact) mass is 452 g/mol. The molecule has 1 fully saturated rings. The summed E-state index contributed by atoms with van der Waals surface area (Å²) >= 11 is 1.30. The topological polar surface area (TPSA) is 103 Å². The molecule has 1 heterocycles. The molecule has 1 aliphatic carbocycles. The Bertz CT molecular complexity index is 678. The van der Waals surface area contributed by atoms with Crippen LogP contribution in [0.3, 0.4) is 0 Å². The molecule has 1 aromatic rings. The van der Waals surface area contributed by atoms with E-state index in [-0.39, 0.29) is 17.7 Å². The summed E-state index contributed by atoms with van der Waals surface area (Å²) in [6.07, 6.45) is 11.8. The minimum Gasteiger partial charge on any atom is -0.393 e. The van der Waals surface area contributed by atoms with Crippen LogP contribution in [0.5, 0.6) is 0 Å². The molecular weight excluding hydrogens is 412 g/mol. The first-order valence-corrected chi connectivity index (χ1v) is 12.6. The lowest BCUT2D eigenvalue weighted by Crippen LogP contribution is -2.21. The van der Waals surface area contributed by atoms with E-state index in [0.717, 1.165) is 68.5 Å². The number of hydrogen-bond donors (Lipinski definition) is 4. The van der Waals surface area contributed by atoms with E-state index in [9.17, 15) is 20.1 Å². The van der Waals surface area contributed by atoms with E-state index < -0.39 is 18.3 Å². The SMILES string of the molecule is CCCCCC(O)C=CC1C(O)CC(O)C1CCCCCCC(=O)Nc1cc(C)ns1. The van der Waals surface area contributed by atoms with Crippen LogP contribution in [-0.2, 0) is 4.79 Å². The van der Waals surface area contributed by atoms with E-state index in [4.69, 9.17) is 0 Å². The van der Waals surface area contributed by atoms with Crippen LogP contribution in [0, 0.1) is 18.8 Å². The van der Waals surface area contributed by atoms with Gasteiger partial charge in [0.2, 0.25) is 5.91 Å². The average molecular weight is 453 g/mol. The molecule has 1 aliphatic rings. The summed E-state index contributed by atoms with van der Waals surface area (Å²) < 4.78 is 4.15. The van der Waals surface area contributed by atoms with Crippen molar-refractivity contribution in [3.05, 3.63) is 23.9 Å². The highest BCUT2D eigenvalue weighted by Gasteiger charge is 2.39. The molecule has 1 amide bonds. The van der Waals surface area contributed by atoms with Crippen molar-refractivity contribution in [2.45, 2.75) is 103 Å². The van der Waals surface area contributed by atoms with Crippen molar-refractivity contribution in [1.82, 2.24) is 4.37 Å². The predicted molar refractivity (Wildman–Crippen MR) is 126 cm³/mol. The van der Waals surface area contributed by atoms with Crippen LogP contribution in [0.25, 0.3) is 0 Å². The lowest BCUT2D eigenvalue weighted by Gasteiger charge is -2.21. The zero-order valence-corrected chi connectivity index (χ0v) is 19.8. The molecule has 0 spiro atoms. The number of aryl methyl sites for hydroxylation is 1. The van der Waals surface area contributed by atoms with Crippen LogP contribution >= 0.6 is 11.5 Å². The first-order valence-electron chi connectivity index (χ1n) is 11.9. The third-order valence-corrected chi connectivity index (χ3v) is 6.95. The Morgan fingerprint density at radius 2 is 2.00 bits per heavy atom. The quantitative estimate of drug-likeness (QED) is 0.244. The first-order chi connectivity index (χ1) is 14.9. The summed E-state index contributed by atoms with van der Waals surface area (Å²) in [5, 5.41) is 34.5. The molecule has 5 unspecified atom stereocenters. The van der Waals surface area contributed by atoms with Crippen LogP contribution in [0.1, 0.15) is 83.2 Å². The summed E-state index contributed by atoms with van der Waals surface area (Å²) in [6.45, 7) is 4.05. The number of anilines is 1. The zero-order valence-electron chi connectivity index (χ0n) is 19.0. The molecule has 4 N–H and O–H groups in total. The minimum atomic E-state index is -0.543.